The van der Waals surface area contributed by atoms with Gasteiger partial charge in [0.15, 0.2) is 37.5 Å². The maximum absolute atomic E-state index is 13.6. The lowest BCUT2D eigenvalue weighted by Crippen LogP contribution is -2.63. The Labute approximate surface area is 704 Å². The summed E-state index contributed by atoms with van der Waals surface area (Å²) < 4.78 is 204. The van der Waals surface area contributed by atoms with E-state index >= 15 is 0 Å². The molecule has 6 unspecified atom stereocenters. The fourth-order valence-corrected chi connectivity index (χ4v) is 15.8. The summed E-state index contributed by atoms with van der Waals surface area (Å²) in [7, 11) is -5.99. The number of hydrogen-bond acceptors (Lipinski definition) is 24. The summed E-state index contributed by atoms with van der Waals surface area (Å²) in [6.07, 6.45) is -7.49. The van der Waals surface area contributed by atoms with E-state index in [9.17, 15) is 105 Å². The number of esters is 8. The van der Waals surface area contributed by atoms with Gasteiger partial charge in [0.1, 0.15) is 35.8 Å². The summed E-state index contributed by atoms with van der Waals surface area (Å²) in [5, 5.41) is 33.4. The summed E-state index contributed by atoms with van der Waals surface area (Å²) in [4.78, 5) is 97.2. The van der Waals surface area contributed by atoms with Crippen LogP contribution in [0.2, 0.25) is 0 Å². The molecule has 4 N–H and O–H groups in total. The third-order valence-electron chi connectivity index (χ3n) is 23.3. The summed E-state index contributed by atoms with van der Waals surface area (Å²) in [6, 6.07) is 28.5. The molecule has 4 bridgehead atoms. The molecule has 7 aliphatic rings. The predicted molar refractivity (Wildman–Crippen MR) is 419 cm³/mol. The number of aliphatic hydroxyl groups excluding tert-OH is 1. The first kappa shape index (κ1) is 106. The van der Waals surface area contributed by atoms with Gasteiger partial charge in [-0.05, 0) is 253 Å². The highest BCUT2D eigenvalue weighted by molar-refractivity contribution is 7.97. The fraction of sp³-hybridized carbons (Fsp3) is 0.694. The zero-order valence-corrected chi connectivity index (χ0v) is 73.7. The number of phenolic OH excluding ortho intramolecular Hbond substituents is 1. The number of benzene rings is 3. The van der Waals surface area contributed by atoms with Gasteiger partial charge in [-0.1, -0.05) is 71.0 Å². The second-order valence-corrected chi connectivity index (χ2v) is 39.0. The molecule has 3 aromatic carbocycles. The number of aromatic hydroxyl groups is 1. The van der Waals surface area contributed by atoms with Gasteiger partial charge >= 0.3 is 76.9 Å². The summed E-state index contributed by atoms with van der Waals surface area (Å²) in [5.74, 6) is -9.58. The number of carbonyl (C=O) groups excluding carboxylic acids is 8. The van der Waals surface area contributed by atoms with Crippen LogP contribution in [-0.2, 0) is 102 Å². The van der Waals surface area contributed by atoms with Gasteiger partial charge in [0, 0.05) is 6.42 Å². The van der Waals surface area contributed by atoms with Crippen LogP contribution in [0.5, 0.6) is 5.75 Å². The maximum atomic E-state index is 13.6. The van der Waals surface area contributed by atoms with E-state index in [0.717, 1.165) is 39.0 Å². The van der Waals surface area contributed by atoms with Crippen LogP contribution >= 0.6 is 0 Å². The van der Waals surface area contributed by atoms with Crippen LogP contribution < -0.4 is 0 Å². The first-order valence-corrected chi connectivity index (χ1v) is 42.7. The van der Waals surface area contributed by atoms with E-state index in [1.807, 2.05) is 72.7 Å². The summed E-state index contributed by atoms with van der Waals surface area (Å²) >= 11 is 0. The Morgan fingerprint density at radius 3 is 1.37 bits per heavy atom. The molecule has 6 atom stereocenters. The van der Waals surface area contributed by atoms with Crippen molar-refractivity contribution in [3.05, 3.63) is 84.9 Å². The van der Waals surface area contributed by atoms with Crippen molar-refractivity contribution >= 4 is 68.8 Å². The Balaban J connectivity index is 0.000000313. The molecule has 36 heteroatoms. The highest BCUT2D eigenvalue weighted by atomic mass is 32.2. The first-order valence-electron chi connectivity index (χ1n) is 40.0. The van der Waals surface area contributed by atoms with Crippen molar-refractivity contribution in [1.82, 2.24) is 0 Å². The molecule has 5 saturated carbocycles. The lowest BCUT2D eigenvalue weighted by atomic mass is 9.52. The molecule has 0 spiro atoms. The van der Waals surface area contributed by atoms with Crippen LogP contribution in [0.4, 0.5) is 43.9 Å². The van der Waals surface area contributed by atoms with Crippen molar-refractivity contribution in [2.75, 3.05) is 19.8 Å². The number of halogens is 10. The van der Waals surface area contributed by atoms with Crippen LogP contribution in [0, 0.1) is 44.8 Å². The lowest BCUT2D eigenvalue weighted by molar-refractivity contribution is -0.357. The summed E-state index contributed by atoms with van der Waals surface area (Å²) in [5.41, 5.74) is -13.4. The Morgan fingerprint density at radius 1 is 0.587 bits per heavy atom. The molecule has 2 saturated heterocycles. The van der Waals surface area contributed by atoms with E-state index in [1.54, 1.807) is 53.7 Å². The molecule has 0 aromatic heterocycles. The van der Waals surface area contributed by atoms with Crippen LogP contribution in [0.1, 0.15) is 234 Å². The van der Waals surface area contributed by atoms with Gasteiger partial charge < -0.3 is 67.6 Å². The number of hydrogen-bond donors (Lipinski definition) is 4. The predicted octanol–water partition coefficient (Wildman–Crippen LogP) is 16.3. The van der Waals surface area contributed by atoms with Gasteiger partial charge in [-0.3, -0.25) is 28.8 Å². The van der Waals surface area contributed by atoms with Crippen molar-refractivity contribution in [3.63, 3.8) is 0 Å². The molecule has 2 heterocycles. The smallest absolute Gasteiger partial charge is 0.437 e. The van der Waals surface area contributed by atoms with Crippen molar-refractivity contribution in [2.24, 2.45) is 44.8 Å². The second-order valence-electron chi connectivity index (χ2n) is 35.5. The average Bonchev–Trinajstić information content (AvgIpc) is 1.36. The number of ether oxygens (including phenoxy) is 9. The molecule has 10 rings (SSSR count). The van der Waals surface area contributed by atoms with Crippen LogP contribution in [-0.4, -0.2) is 177 Å². The molecule has 121 heavy (non-hydrogen) atoms. The molecule has 3 aromatic rings. The van der Waals surface area contributed by atoms with Crippen LogP contribution in [0.25, 0.3) is 0 Å². The van der Waals surface area contributed by atoms with Crippen molar-refractivity contribution in [2.45, 2.75) is 325 Å². The van der Waals surface area contributed by atoms with Gasteiger partial charge in [0.25, 0.3) is 0 Å². The minimum atomic E-state index is -6.42. The molecule has 24 nitrogen and oxygen atoms in total. The van der Waals surface area contributed by atoms with Gasteiger partial charge in [0.05, 0.1) is 56.6 Å². The molecule has 2 aliphatic heterocycles. The first-order chi connectivity index (χ1) is 55.2. The number of alkyl halides is 10. The molecule has 0 radical (unpaired) electrons. The van der Waals surface area contributed by atoms with Crippen LogP contribution in [0.3, 0.4) is 0 Å². The van der Waals surface area contributed by atoms with E-state index in [2.05, 4.69) is 62.7 Å². The number of cyclic esters (lactones) is 1. The zero-order valence-electron chi connectivity index (χ0n) is 72.1. The Kier molecular flexibility index (Phi) is 36.0. The van der Waals surface area contributed by atoms with Gasteiger partial charge in [0.2, 0.25) is 11.9 Å². The maximum Gasteiger partial charge on any atom is 0.437 e. The molecular weight excluding hydrogens is 1660 g/mol. The SMILES string of the molecule is CCC(C)(C)C(=O)OC(C)C(F)(F)S(=O)(=O)[O-].CCC(C)(C)C(=O)OC1(C)COC(O)C1(F)F.CCC(C)(C)C(=O)OC12CC3CC(CC(O)(C3)C1)C2.CCC(C)(C)C(=O)OC1CCC(C(C)(C)OC(=O)COC(=O)C(O)(C(F)(F)F)C(F)(F)F)CC1.CCC(C)(C)C(=O)OC1COC(=O)C1.Oc1ccc([S+](c2ccccc2)c2ccccc2)cc1. The number of phenols is 1. The minimum Gasteiger partial charge on any atom is -0.743 e. The molecule has 7 fully saturated rings. The third-order valence-corrected chi connectivity index (χ3v) is 26.5. The monoisotopic (exact) mass is 1780 g/mol. The largest absolute Gasteiger partial charge is 0.743 e. The van der Waals surface area contributed by atoms with E-state index < -0.39 is 133 Å². The molecule has 5 aliphatic carbocycles. The van der Waals surface area contributed by atoms with E-state index in [1.165, 1.54) is 48.8 Å². The number of aliphatic hydroxyl groups is 3. The Morgan fingerprint density at radius 2 is 0.992 bits per heavy atom. The standard InChI is InChI=1S/C21H30F6O7.C18H14OS.C16H26O3.C11H18F2O4.C10H16O4.C9H16F2O5S/c1-6-17(2,3)15(29)33-13-9-7-12(8-10-13)18(4,5)34-14(28)11-32-16(30)19(31,20(22,23)24)21(25,26)27;19-15-11-13-18(14-12-15)20(16-7-3-1-4-8-16)17-9-5-2-6-10-17;1-4-14(2,3)13(17)19-16-8-11-5-12(9-16)7-15(18,6-11)10-16;1-5-9(2,3)7(14)17-10(4)6-16-8(15)11(10,12)13;1-4-10(2,3)9(12)14-7-5-8(11)13-6-7;1-5-8(3,4)7(12)16-6(2)9(10,11)17(13,14)15/h12-13,31H,6-11H2,1-5H3;1-14H;11-12,18H,4-10H2,1-3H3;8,15H,5-6H2,1-4H3;7H,4-6H2,1-3H3;6H,5H2,1-4H3,(H,13,14,15). The van der Waals surface area contributed by atoms with E-state index in [-0.39, 0.29) is 71.5 Å². The topological polar surface area (TPSA) is 358 Å². The Bertz CT molecular complexity index is 4000. The van der Waals surface area contributed by atoms with E-state index in [4.69, 9.17) is 38.6 Å². The van der Waals surface area contributed by atoms with Gasteiger partial charge in [-0.25, -0.2) is 18.0 Å². The minimum absolute atomic E-state index is 0.0828. The Hall–Kier alpha value is -7.38. The van der Waals surface area contributed by atoms with Crippen molar-refractivity contribution in [1.29, 1.82) is 0 Å². The van der Waals surface area contributed by atoms with Gasteiger partial charge in [-0.2, -0.15) is 43.9 Å². The highest BCUT2D eigenvalue weighted by Crippen LogP contribution is 2.59. The molecular formula is C85H120F10O24S2. The van der Waals surface area contributed by atoms with E-state index in [0.29, 0.717) is 82.3 Å². The quantitative estimate of drug-likeness (QED) is 0.0201. The third kappa shape index (κ3) is 27.8. The highest BCUT2D eigenvalue weighted by Gasteiger charge is 2.77. The average molecular weight is 1780 g/mol. The van der Waals surface area contributed by atoms with Crippen molar-refractivity contribution in [3.8, 4) is 5.75 Å². The molecule has 686 valence electrons. The number of carbonyl (C=O) groups is 8. The second kappa shape index (κ2) is 41.2. The van der Waals surface area contributed by atoms with Crippen molar-refractivity contribution < 1.29 is 158 Å². The molecule has 0 amide bonds. The normalized spacial score (nSPS) is 23.8. The zero-order chi connectivity index (χ0) is 92.7. The van der Waals surface area contributed by atoms with Gasteiger partial charge in [-0.15, -0.1) is 0 Å². The van der Waals surface area contributed by atoms with Crippen LogP contribution in [0.15, 0.2) is 99.6 Å². The fourth-order valence-electron chi connectivity index (χ4n) is 13.2. The number of rotatable bonds is 25. The lowest BCUT2D eigenvalue weighted by Gasteiger charge is -2.59. The summed E-state index contributed by atoms with van der Waals surface area (Å²) in [6.45, 7) is 29.3.